The molecule has 0 radical (unpaired) electrons. The lowest BCUT2D eigenvalue weighted by atomic mass is 9.97. The molecule has 0 saturated carbocycles. The van der Waals surface area contributed by atoms with Gasteiger partial charge in [-0.3, -0.25) is 9.69 Å². The number of nitrogens with zero attached hydrogens (tertiary/aromatic N) is 1. The second-order valence-electron chi connectivity index (χ2n) is 8.64. The molecule has 1 aromatic rings. The molecule has 0 N–H and O–H groups in total. The lowest BCUT2D eigenvalue weighted by molar-refractivity contribution is -0.153. The predicted molar refractivity (Wildman–Crippen MR) is 121 cm³/mol. The van der Waals surface area contributed by atoms with Crippen LogP contribution in [0.2, 0.25) is 0 Å². The minimum Gasteiger partial charge on any atom is -0.465 e. The van der Waals surface area contributed by atoms with Crippen LogP contribution in [0.4, 0.5) is 0 Å². The van der Waals surface area contributed by atoms with Crippen LogP contribution in [-0.4, -0.2) is 43.1 Å². The van der Waals surface area contributed by atoms with E-state index >= 15 is 0 Å². The van der Waals surface area contributed by atoms with E-state index in [1.165, 1.54) is 5.56 Å². The van der Waals surface area contributed by atoms with E-state index in [1.54, 1.807) is 6.92 Å². The second kappa shape index (κ2) is 14.0. The SMILES string of the molecule is C=C(CCCCN(CCCCOC(=O)C(C)(C)C)Cc1ccccc1)C(=O)OCC. The number of esters is 2. The summed E-state index contributed by atoms with van der Waals surface area (Å²) in [6.07, 6.45) is 4.39. The number of ether oxygens (including phenoxy) is 2. The Kier molecular flexibility index (Phi) is 12.1. The molecular weight excluding hydrogens is 378 g/mol. The van der Waals surface area contributed by atoms with E-state index in [2.05, 4.69) is 35.7 Å². The van der Waals surface area contributed by atoms with Crippen molar-refractivity contribution in [3.8, 4) is 0 Å². The van der Waals surface area contributed by atoms with Crippen LogP contribution in [0.15, 0.2) is 42.5 Å². The van der Waals surface area contributed by atoms with Gasteiger partial charge in [0, 0.05) is 12.1 Å². The number of carbonyl (C=O) groups excluding carboxylic acids is 2. The van der Waals surface area contributed by atoms with Crippen molar-refractivity contribution in [2.75, 3.05) is 26.3 Å². The first-order valence-electron chi connectivity index (χ1n) is 11.0. The quantitative estimate of drug-likeness (QED) is 0.238. The summed E-state index contributed by atoms with van der Waals surface area (Å²) in [5.41, 5.74) is 1.38. The van der Waals surface area contributed by atoms with Crippen molar-refractivity contribution in [1.29, 1.82) is 0 Å². The average molecular weight is 418 g/mol. The third-order valence-corrected chi connectivity index (χ3v) is 4.73. The molecule has 0 atom stereocenters. The monoisotopic (exact) mass is 417 g/mol. The molecule has 0 saturated heterocycles. The van der Waals surface area contributed by atoms with E-state index < -0.39 is 5.41 Å². The normalized spacial score (nSPS) is 11.4. The molecule has 0 aliphatic heterocycles. The Balaban J connectivity index is 2.40. The Morgan fingerprint density at radius 1 is 0.967 bits per heavy atom. The average Bonchev–Trinajstić information content (AvgIpc) is 2.70. The summed E-state index contributed by atoms with van der Waals surface area (Å²) in [4.78, 5) is 25.9. The molecule has 0 amide bonds. The van der Waals surface area contributed by atoms with Crippen molar-refractivity contribution in [3.05, 3.63) is 48.0 Å². The van der Waals surface area contributed by atoms with Gasteiger partial charge in [0.1, 0.15) is 0 Å². The van der Waals surface area contributed by atoms with E-state index in [0.29, 0.717) is 25.2 Å². The molecule has 1 aromatic carbocycles. The number of carbonyl (C=O) groups is 2. The van der Waals surface area contributed by atoms with Crippen LogP contribution in [-0.2, 0) is 25.6 Å². The van der Waals surface area contributed by atoms with Gasteiger partial charge in [0.25, 0.3) is 0 Å². The lowest BCUT2D eigenvalue weighted by Crippen LogP contribution is -2.26. The number of benzene rings is 1. The van der Waals surface area contributed by atoms with Gasteiger partial charge < -0.3 is 9.47 Å². The van der Waals surface area contributed by atoms with Crippen molar-refractivity contribution >= 4 is 11.9 Å². The summed E-state index contributed by atoms with van der Waals surface area (Å²) in [6, 6.07) is 10.4. The van der Waals surface area contributed by atoms with Gasteiger partial charge in [0.2, 0.25) is 0 Å². The Morgan fingerprint density at radius 3 is 2.20 bits per heavy atom. The van der Waals surface area contributed by atoms with Crippen molar-refractivity contribution in [3.63, 3.8) is 0 Å². The van der Waals surface area contributed by atoms with Crippen molar-refractivity contribution in [1.82, 2.24) is 4.90 Å². The highest BCUT2D eigenvalue weighted by molar-refractivity contribution is 5.87. The van der Waals surface area contributed by atoms with Crippen LogP contribution in [0.25, 0.3) is 0 Å². The molecule has 0 spiro atoms. The summed E-state index contributed by atoms with van der Waals surface area (Å²) in [6.45, 7) is 14.9. The number of hydrogen-bond acceptors (Lipinski definition) is 5. The highest BCUT2D eigenvalue weighted by Gasteiger charge is 2.22. The summed E-state index contributed by atoms with van der Waals surface area (Å²) < 4.78 is 10.4. The molecule has 0 aromatic heterocycles. The number of unbranched alkanes of at least 4 members (excludes halogenated alkanes) is 2. The van der Waals surface area contributed by atoms with Gasteiger partial charge in [-0.15, -0.1) is 0 Å². The Morgan fingerprint density at radius 2 is 1.60 bits per heavy atom. The van der Waals surface area contributed by atoms with Gasteiger partial charge in [-0.1, -0.05) is 36.9 Å². The van der Waals surface area contributed by atoms with Crippen molar-refractivity contribution in [2.45, 2.75) is 66.3 Å². The van der Waals surface area contributed by atoms with Gasteiger partial charge in [-0.05, 0) is 78.5 Å². The molecule has 0 unspecified atom stereocenters. The molecule has 5 nitrogen and oxygen atoms in total. The first-order chi connectivity index (χ1) is 14.2. The Labute approximate surface area is 182 Å². The molecule has 5 heteroatoms. The van der Waals surface area contributed by atoms with Crippen LogP contribution in [0.3, 0.4) is 0 Å². The Hall–Kier alpha value is -2.14. The minimum absolute atomic E-state index is 0.148. The van der Waals surface area contributed by atoms with E-state index in [1.807, 2.05) is 26.8 Å². The van der Waals surface area contributed by atoms with Crippen molar-refractivity contribution in [2.24, 2.45) is 5.41 Å². The molecule has 0 aliphatic carbocycles. The standard InChI is InChI=1S/C25H39NO4/c1-6-29-23(27)21(2)14-10-11-17-26(20-22-15-8-7-9-16-22)18-12-13-19-30-24(28)25(3,4)5/h7-9,15-16H,2,6,10-14,17-20H2,1,3-5H3. The molecule has 0 aliphatic rings. The van der Waals surface area contributed by atoms with Crippen LogP contribution < -0.4 is 0 Å². The van der Waals surface area contributed by atoms with Gasteiger partial charge in [0.15, 0.2) is 0 Å². The molecule has 0 heterocycles. The zero-order valence-corrected chi connectivity index (χ0v) is 19.2. The van der Waals surface area contributed by atoms with Crippen LogP contribution in [0, 0.1) is 5.41 Å². The van der Waals surface area contributed by atoms with Crippen LogP contribution >= 0.6 is 0 Å². The molecule has 30 heavy (non-hydrogen) atoms. The number of hydrogen-bond donors (Lipinski definition) is 0. The molecule has 0 bridgehead atoms. The molecule has 0 fully saturated rings. The summed E-state index contributed by atoms with van der Waals surface area (Å²) in [5, 5.41) is 0. The topological polar surface area (TPSA) is 55.8 Å². The van der Waals surface area contributed by atoms with Gasteiger partial charge in [-0.2, -0.15) is 0 Å². The lowest BCUT2D eigenvalue weighted by Gasteiger charge is -2.23. The molecule has 168 valence electrons. The summed E-state index contributed by atoms with van der Waals surface area (Å²) >= 11 is 0. The summed E-state index contributed by atoms with van der Waals surface area (Å²) in [5.74, 6) is -0.436. The number of rotatable bonds is 14. The molecular formula is C25H39NO4. The fourth-order valence-corrected chi connectivity index (χ4v) is 2.94. The van der Waals surface area contributed by atoms with E-state index in [-0.39, 0.29) is 11.9 Å². The van der Waals surface area contributed by atoms with Gasteiger partial charge in [-0.25, -0.2) is 4.79 Å². The highest BCUT2D eigenvalue weighted by Crippen LogP contribution is 2.15. The first kappa shape index (κ1) is 25.9. The minimum atomic E-state index is -0.451. The second-order valence-corrected chi connectivity index (χ2v) is 8.64. The smallest absolute Gasteiger partial charge is 0.333 e. The van der Waals surface area contributed by atoms with Crippen LogP contribution in [0.1, 0.15) is 65.4 Å². The molecule has 1 rings (SSSR count). The first-order valence-corrected chi connectivity index (χ1v) is 11.0. The fraction of sp³-hybridized carbons (Fsp3) is 0.600. The maximum absolute atomic E-state index is 11.8. The van der Waals surface area contributed by atoms with E-state index in [9.17, 15) is 9.59 Å². The zero-order valence-electron chi connectivity index (χ0n) is 19.2. The highest BCUT2D eigenvalue weighted by atomic mass is 16.5. The maximum atomic E-state index is 11.8. The maximum Gasteiger partial charge on any atom is 0.333 e. The van der Waals surface area contributed by atoms with E-state index in [0.717, 1.165) is 45.3 Å². The third-order valence-electron chi connectivity index (χ3n) is 4.73. The van der Waals surface area contributed by atoms with E-state index in [4.69, 9.17) is 9.47 Å². The predicted octanol–water partition coefficient (Wildman–Crippen LogP) is 5.15. The third kappa shape index (κ3) is 11.1. The zero-order chi connectivity index (χ0) is 22.4. The summed E-state index contributed by atoms with van der Waals surface area (Å²) in [7, 11) is 0. The van der Waals surface area contributed by atoms with Gasteiger partial charge >= 0.3 is 11.9 Å². The van der Waals surface area contributed by atoms with Crippen LogP contribution in [0.5, 0.6) is 0 Å². The largest absolute Gasteiger partial charge is 0.465 e. The fourth-order valence-electron chi connectivity index (χ4n) is 2.94. The Bertz CT molecular complexity index is 649. The van der Waals surface area contributed by atoms with Crippen molar-refractivity contribution < 1.29 is 19.1 Å². The van der Waals surface area contributed by atoms with Gasteiger partial charge in [0.05, 0.1) is 18.6 Å².